The number of carbonyl (C=O) groups is 1. The van der Waals surface area contributed by atoms with Gasteiger partial charge in [0.15, 0.2) is 4.80 Å². The summed E-state index contributed by atoms with van der Waals surface area (Å²) in [6.07, 6.45) is 12.2. The SMILES string of the molecule is C#CCn1c(=NC(=O)CCC2CCCC2)sc2cc(C)ccc21. The molecule has 0 spiro atoms. The molecule has 1 aromatic heterocycles. The lowest BCUT2D eigenvalue weighted by molar-refractivity contribution is -0.118. The van der Waals surface area contributed by atoms with Crippen LogP contribution in [0.4, 0.5) is 0 Å². The van der Waals surface area contributed by atoms with Crippen LogP contribution in [0, 0.1) is 25.2 Å². The highest BCUT2D eigenvalue weighted by molar-refractivity contribution is 7.16. The maximum absolute atomic E-state index is 12.2. The maximum Gasteiger partial charge on any atom is 0.248 e. The third kappa shape index (κ3) is 3.73. The molecule has 0 radical (unpaired) electrons. The molecule has 0 unspecified atom stereocenters. The predicted octanol–water partition coefficient (Wildman–Crippen LogP) is 4.04. The summed E-state index contributed by atoms with van der Waals surface area (Å²) >= 11 is 1.54. The number of benzene rings is 1. The fourth-order valence-corrected chi connectivity index (χ4v) is 4.44. The van der Waals surface area contributed by atoms with Crippen molar-refractivity contribution in [2.24, 2.45) is 10.9 Å². The van der Waals surface area contributed by atoms with Gasteiger partial charge >= 0.3 is 0 Å². The fourth-order valence-electron chi connectivity index (χ4n) is 3.30. The Morgan fingerprint density at radius 3 is 2.96 bits per heavy atom. The molecule has 0 atom stereocenters. The molecule has 1 aliphatic carbocycles. The van der Waals surface area contributed by atoms with Crippen LogP contribution >= 0.6 is 11.3 Å². The van der Waals surface area contributed by atoms with Crippen molar-refractivity contribution >= 4 is 27.5 Å². The van der Waals surface area contributed by atoms with Crippen molar-refractivity contribution in [3.8, 4) is 12.3 Å². The van der Waals surface area contributed by atoms with Crippen molar-refractivity contribution in [1.82, 2.24) is 4.57 Å². The van der Waals surface area contributed by atoms with Crippen molar-refractivity contribution in [3.05, 3.63) is 28.6 Å². The van der Waals surface area contributed by atoms with Crippen molar-refractivity contribution in [2.75, 3.05) is 0 Å². The van der Waals surface area contributed by atoms with E-state index in [1.54, 1.807) is 11.3 Å². The first kappa shape index (κ1) is 16.0. The molecule has 0 saturated heterocycles. The van der Waals surface area contributed by atoms with Crippen LogP contribution in [-0.2, 0) is 11.3 Å². The Kier molecular flexibility index (Phi) is 4.97. The Balaban J connectivity index is 1.86. The van der Waals surface area contributed by atoms with Gasteiger partial charge in [0, 0.05) is 6.42 Å². The highest BCUT2D eigenvalue weighted by Gasteiger charge is 2.16. The molecule has 4 heteroatoms. The summed E-state index contributed by atoms with van der Waals surface area (Å²) < 4.78 is 3.09. The van der Waals surface area contributed by atoms with Crippen LogP contribution in [0.15, 0.2) is 23.2 Å². The van der Waals surface area contributed by atoms with Crippen LogP contribution in [0.25, 0.3) is 10.2 Å². The second kappa shape index (κ2) is 7.14. The molecule has 3 rings (SSSR count). The Labute approximate surface area is 141 Å². The molecule has 1 saturated carbocycles. The summed E-state index contributed by atoms with van der Waals surface area (Å²) in [5.41, 5.74) is 2.26. The number of aryl methyl sites for hydroxylation is 1. The summed E-state index contributed by atoms with van der Waals surface area (Å²) in [6, 6.07) is 6.24. The third-order valence-electron chi connectivity index (χ3n) is 4.55. The Bertz CT molecular complexity index is 816. The zero-order chi connectivity index (χ0) is 16.2. The molecule has 1 amide bonds. The Morgan fingerprint density at radius 2 is 2.22 bits per heavy atom. The largest absolute Gasteiger partial charge is 0.305 e. The van der Waals surface area contributed by atoms with Gasteiger partial charge in [0.05, 0.1) is 16.8 Å². The van der Waals surface area contributed by atoms with E-state index in [4.69, 9.17) is 6.42 Å². The molecule has 0 aliphatic heterocycles. The normalized spacial score (nSPS) is 16.1. The summed E-state index contributed by atoms with van der Waals surface area (Å²) in [5.74, 6) is 3.36. The van der Waals surface area contributed by atoms with Crippen molar-refractivity contribution in [2.45, 2.75) is 52.0 Å². The molecule has 2 aromatic rings. The lowest BCUT2D eigenvalue weighted by Crippen LogP contribution is -2.16. The maximum atomic E-state index is 12.2. The standard InChI is InChI=1S/C19H22N2OS/c1-3-12-21-16-10-8-14(2)13-17(16)23-19(21)20-18(22)11-9-15-6-4-5-7-15/h1,8,10,13,15H,4-7,9,11-12H2,2H3. The molecule has 1 aliphatic rings. The van der Waals surface area contributed by atoms with E-state index in [-0.39, 0.29) is 5.91 Å². The molecule has 1 aromatic carbocycles. The molecule has 0 bridgehead atoms. The smallest absolute Gasteiger partial charge is 0.248 e. The first-order chi connectivity index (χ1) is 11.2. The number of aromatic nitrogens is 1. The quantitative estimate of drug-likeness (QED) is 0.781. The van der Waals surface area contributed by atoms with E-state index in [1.165, 1.54) is 31.2 Å². The predicted molar refractivity (Wildman–Crippen MR) is 95.1 cm³/mol. The molecular weight excluding hydrogens is 304 g/mol. The van der Waals surface area contributed by atoms with Gasteiger partial charge in [0.1, 0.15) is 0 Å². The zero-order valence-corrected chi connectivity index (χ0v) is 14.4. The van der Waals surface area contributed by atoms with Gasteiger partial charge in [-0.15, -0.1) is 6.42 Å². The van der Waals surface area contributed by atoms with Crippen LogP contribution < -0.4 is 4.80 Å². The molecule has 1 heterocycles. The first-order valence-electron chi connectivity index (χ1n) is 8.28. The number of amides is 1. The van der Waals surface area contributed by atoms with Gasteiger partial charge in [-0.05, 0) is 37.0 Å². The first-order valence-corrected chi connectivity index (χ1v) is 9.10. The highest BCUT2D eigenvalue weighted by Crippen LogP contribution is 2.28. The number of thiazole rings is 1. The average Bonchev–Trinajstić information content (AvgIpc) is 3.14. The summed E-state index contributed by atoms with van der Waals surface area (Å²) in [5, 5.41) is 0. The van der Waals surface area contributed by atoms with E-state index < -0.39 is 0 Å². The van der Waals surface area contributed by atoms with E-state index in [0.29, 0.717) is 13.0 Å². The second-order valence-corrected chi connectivity index (χ2v) is 7.35. The van der Waals surface area contributed by atoms with Crippen LogP contribution in [0.2, 0.25) is 0 Å². The number of hydrogen-bond donors (Lipinski definition) is 0. The van der Waals surface area contributed by atoms with Crippen molar-refractivity contribution in [3.63, 3.8) is 0 Å². The summed E-state index contributed by atoms with van der Waals surface area (Å²) in [7, 11) is 0. The topological polar surface area (TPSA) is 34.4 Å². The molecule has 3 nitrogen and oxygen atoms in total. The number of carbonyl (C=O) groups excluding carboxylic acids is 1. The fraction of sp³-hybridized carbons (Fsp3) is 0.474. The number of nitrogens with zero attached hydrogens (tertiary/aromatic N) is 2. The second-order valence-electron chi connectivity index (χ2n) is 6.34. The van der Waals surface area contributed by atoms with Gasteiger partial charge in [-0.25, -0.2) is 0 Å². The van der Waals surface area contributed by atoms with Gasteiger partial charge < -0.3 is 4.57 Å². The minimum Gasteiger partial charge on any atom is -0.305 e. The van der Waals surface area contributed by atoms with E-state index in [2.05, 4.69) is 36.0 Å². The van der Waals surface area contributed by atoms with Gasteiger partial charge in [0.2, 0.25) is 5.91 Å². The van der Waals surface area contributed by atoms with E-state index in [9.17, 15) is 4.79 Å². The lowest BCUT2D eigenvalue weighted by atomic mass is 10.0. The molecule has 1 fully saturated rings. The third-order valence-corrected chi connectivity index (χ3v) is 5.59. The van der Waals surface area contributed by atoms with E-state index in [1.807, 2.05) is 4.57 Å². The number of fused-ring (bicyclic) bond motifs is 1. The van der Waals surface area contributed by atoms with Crippen molar-refractivity contribution in [1.29, 1.82) is 0 Å². The van der Waals surface area contributed by atoms with Crippen molar-refractivity contribution < 1.29 is 4.79 Å². The highest BCUT2D eigenvalue weighted by atomic mass is 32.1. The monoisotopic (exact) mass is 326 g/mol. The average molecular weight is 326 g/mol. The lowest BCUT2D eigenvalue weighted by Gasteiger charge is -2.05. The van der Waals surface area contributed by atoms with Crippen LogP contribution in [0.3, 0.4) is 0 Å². The zero-order valence-electron chi connectivity index (χ0n) is 13.5. The number of rotatable bonds is 4. The van der Waals surface area contributed by atoms with Crippen LogP contribution in [0.1, 0.15) is 44.1 Å². The molecule has 120 valence electrons. The van der Waals surface area contributed by atoms with Gasteiger partial charge in [-0.1, -0.05) is 49.0 Å². The van der Waals surface area contributed by atoms with Crippen LogP contribution in [0.5, 0.6) is 0 Å². The van der Waals surface area contributed by atoms with E-state index >= 15 is 0 Å². The number of hydrogen-bond acceptors (Lipinski definition) is 2. The Hall–Kier alpha value is -1.86. The van der Waals surface area contributed by atoms with E-state index in [0.717, 1.165) is 27.4 Å². The molecule has 0 N–H and O–H groups in total. The Morgan fingerprint density at radius 1 is 1.43 bits per heavy atom. The summed E-state index contributed by atoms with van der Waals surface area (Å²) in [4.78, 5) is 17.3. The molecular formula is C19H22N2OS. The minimum absolute atomic E-state index is 0.0223. The molecule has 23 heavy (non-hydrogen) atoms. The van der Waals surface area contributed by atoms with Gasteiger partial charge in [-0.3, -0.25) is 4.79 Å². The summed E-state index contributed by atoms with van der Waals surface area (Å²) in [6.45, 7) is 2.51. The van der Waals surface area contributed by atoms with Gasteiger partial charge in [0.25, 0.3) is 0 Å². The number of terminal acetylenes is 1. The van der Waals surface area contributed by atoms with Gasteiger partial charge in [-0.2, -0.15) is 4.99 Å². The minimum atomic E-state index is -0.0223. The van der Waals surface area contributed by atoms with Crippen LogP contribution in [-0.4, -0.2) is 10.5 Å².